The summed E-state index contributed by atoms with van der Waals surface area (Å²) in [7, 11) is 0. The van der Waals surface area contributed by atoms with E-state index in [4.69, 9.17) is 4.42 Å². The van der Waals surface area contributed by atoms with E-state index in [0.29, 0.717) is 12.0 Å². The third kappa shape index (κ3) is 3.35. The average molecular weight is 349 g/mol. The van der Waals surface area contributed by atoms with Gasteiger partial charge in [-0.1, -0.05) is 12.1 Å². The average Bonchev–Trinajstić information content (AvgIpc) is 3.20. The number of carbonyl (C=O) groups is 2. The van der Waals surface area contributed by atoms with E-state index in [2.05, 4.69) is 15.5 Å². The maximum Gasteiger partial charge on any atom is 0.291 e. The predicted molar refractivity (Wildman–Crippen MR) is 96.0 cm³/mol. The molecule has 6 heteroatoms. The first-order valence-corrected chi connectivity index (χ1v) is 8.80. The molecule has 26 heavy (non-hydrogen) atoms. The van der Waals surface area contributed by atoms with Gasteiger partial charge in [0.05, 0.1) is 17.9 Å². The van der Waals surface area contributed by atoms with Crippen molar-refractivity contribution in [3.63, 3.8) is 0 Å². The Bertz CT molecular complexity index is 897. The molecule has 0 saturated heterocycles. The maximum absolute atomic E-state index is 12.2. The number of hydrogen-bond acceptors (Lipinski definition) is 4. The van der Waals surface area contributed by atoms with E-state index in [9.17, 15) is 9.59 Å². The molecule has 1 N–H and O–H groups in total. The first kappa shape index (κ1) is 16.4. The Kier molecular flexibility index (Phi) is 4.48. The fourth-order valence-corrected chi connectivity index (χ4v) is 3.55. The summed E-state index contributed by atoms with van der Waals surface area (Å²) >= 11 is 0. The molecule has 1 aromatic heterocycles. The molecule has 132 valence electrons. The second-order valence-electron chi connectivity index (χ2n) is 6.62. The Morgan fingerprint density at radius 3 is 2.96 bits per heavy atom. The number of benzene rings is 1. The van der Waals surface area contributed by atoms with Gasteiger partial charge in [0.25, 0.3) is 11.8 Å². The number of rotatable bonds is 4. The summed E-state index contributed by atoms with van der Waals surface area (Å²) in [5.41, 5.74) is 4.25. The second-order valence-corrected chi connectivity index (χ2v) is 6.62. The van der Waals surface area contributed by atoms with Gasteiger partial charge in [-0.05, 0) is 55.0 Å². The Morgan fingerprint density at radius 1 is 1.23 bits per heavy atom. The van der Waals surface area contributed by atoms with Crippen LogP contribution in [0.3, 0.4) is 0 Å². The molecule has 0 radical (unpaired) electrons. The lowest BCUT2D eigenvalue weighted by atomic mass is 9.84. The predicted octanol–water partition coefficient (Wildman–Crippen LogP) is 4.31. The van der Waals surface area contributed by atoms with Gasteiger partial charge in [-0.15, -0.1) is 5.11 Å². The van der Waals surface area contributed by atoms with Crippen LogP contribution in [0.4, 0.5) is 5.69 Å². The number of carbonyl (C=O) groups excluding carboxylic acids is 2. The van der Waals surface area contributed by atoms with Crippen LogP contribution in [0.1, 0.15) is 41.6 Å². The fourth-order valence-electron chi connectivity index (χ4n) is 3.55. The Balaban J connectivity index is 1.50. The molecular weight excluding hydrogens is 330 g/mol. The quantitative estimate of drug-likeness (QED) is 0.893. The number of hydrogen-bond donors (Lipinski definition) is 1. The molecule has 1 aliphatic carbocycles. The summed E-state index contributed by atoms with van der Waals surface area (Å²) in [6.07, 6.45) is 7.42. The SMILES string of the molecule is O=C1N=NC(Cc2cccc(NC(=O)c3ccoc3)c2)C2=C1CCCC2. The zero-order valence-electron chi connectivity index (χ0n) is 14.3. The Morgan fingerprint density at radius 2 is 2.12 bits per heavy atom. The zero-order chi connectivity index (χ0) is 17.9. The molecule has 1 atom stereocenters. The van der Waals surface area contributed by atoms with Crippen LogP contribution in [0.2, 0.25) is 0 Å². The van der Waals surface area contributed by atoms with E-state index in [1.165, 1.54) is 12.5 Å². The molecule has 2 aromatic rings. The van der Waals surface area contributed by atoms with Gasteiger partial charge in [0, 0.05) is 17.7 Å². The van der Waals surface area contributed by atoms with Gasteiger partial charge in [-0.3, -0.25) is 9.59 Å². The molecule has 1 unspecified atom stereocenters. The van der Waals surface area contributed by atoms with Crippen LogP contribution in [0.5, 0.6) is 0 Å². The van der Waals surface area contributed by atoms with Crippen LogP contribution >= 0.6 is 0 Å². The lowest BCUT2D eigenvalue weighted by Gasteiger charge is -2.25. The molecule has 4 rings (SSSR count). The molecule has 6 nitrogen and oxygen atoms in total. The molecule has 0 saturated carbocycles. The van der Waals surface area contributed by atoms with Gasteiger partial charge < -0.3 is 9.73 Å². The van der Waals surface area contributed by atoms with E-state index >= 15 is 0 Å². The van der Waals surface area contributed by atoms with Crippen LogP contribution in [0, 0.1) is 0 Å². The van der Waals surface area contributed by atoms with Crippen molar-refractivity contribution < 1.29 is 14.0 Å². The minimum absolute atomic E-state index is 0.0807. The highest BCUT2D eigenvalue weighted by molar-refractivity contribution is 6.04. The molecule has 1 aromatic carbocycles. The normalized spacial score (nSPS) is 19.4. The number of anilines is 1. The monoisotopic (exact) mass is 349 g/mol. The third-order valence-corrected chi connectivity index (χ3v) is 4.86. The highest BCUT2D eigenvalue weighted by Crippen LogP contribution is 2.33. The van der Waals surface area contributed by atoms with Gasteiger partial charge in [0.15, 0.2) is 0 Å². The number of nitrogens with zero attached hydrogens (tertiary/aromatic N) is 2. The number of nitrogens with one attached hydrogen (secondary N) is 1. The van der Waals surface area contributed by atoms with Gasteiger partial charge in [0.2, 0.25) is 0 Å². The van der Waals surface area contributed by atoms with Crippen LogP contribution in [0.15, 0.2) is 68.7 Å². The third-order valence-electron chi connectivity index (χ3n) is 4.86. The van der Waals surface area contributed by atoms with Crippen molar-refractivity contribution in [1.82, 2.24) is 0 Å². The van der Waals surface area contributed by atoms with E-state index in [-0.39, 0.29) is 17.9 Å². The minimum atomic E-state index is -0.212. The van der Waals surface area contributed by atoms with Gasteiger partial charge in [-0.2, -0.15) is 5.11 Å². The fraction of sp³-hybridized carbons (Fsp3) is 0.300. The van der Waals surface area contributed by atoms with Crippen LogP contribution in [0.25, 0.3) is 0 Å². The summed E-state index contributed by atoms with van der Waals surface area (Å²) in [5.74, 6) is -0.381. The van der Waals surface area contributed by atoms with Crippen molar-refractivity contribution in [3.05, 3.63) is 65.1 Å². The van der Waals surface area contributed by atoms with Gasteiger partial charge in [0.1, 0.15) is 6.26 Å². The molecule has 0 spiro atoms. The van der Waals surface area contributed by atoms with Gasteiger partial charge in [-0.25, -0.2) is 0 Å². The number of amides is 2. The van der Waals surface area contributed by atoms with Crippen molar-refractivity contribution >= 4 is 17.5 Å². The standard InChI is InChI=1S/C20H19N3O3/c24-19(14-8-9-26-12-14)21-15-5-3-4-13(10-15)11-18-16-6-1-2-7-17(16)20(25)23-22-18/h3-5,8-10,12,18H,1-2,6-7,11H2,(H,21,24). The Labute approximate surface area is 151 Å². The second kappa shape index (κ2) is 7.07. The van der Waals surface area contributed by atoms with Crippen molar-refractivity contribution in [2.24, 2.45) is 10.2 Å². The van der Waals surface area contributed by atoms with Crippen molar-refractivity contribution in [3.8, 4) is 0 Å². The summed E-state index contributed by atoms with van der Waals surface area (Å²) in [4.78, 5) is 24.1. The summed E-state index contributed by atoms with van der Waals surface area (Å²) in [5, 5.41) is 10.9. The first-order valence-electron chi connectivity index (χ1n) is 8.80. The van der Waals surface area contributed by atoms with Crippen LogP contribution in [-0.2, 0) is 11.2 Å². The van der Waals surface area contributed by atoms with Crippen molar-refractivity contribution in [2.75, 3.05) is 5.32 Å². The van der Waals surface area contributed by atoms with Crippen LogP contribution in [-0.4, -0.2) is 17.9 Å². The van der Waals surface area contributed by atoms with Gasteiger partial charge >= 0.3 is 0 Å². The molecule has 2 amide bonds. The van der Waals surface area contributed by atoms with Crippen molar-refractivity contribution in [1.29, 1.82) is 0 Å². The summed E-state index contributed by atoms with van der Waals surface area (Å²) in [6.45, 7) is 0. The molecule has 1 aliphatic heterocycles. The van der Waals surface area contributed by atoms with E-state index < -0.39 is 0 Å². The highest BCUT2D eigenvalue weighted by atomic mass is 16.3. The zero-order valence-corrected chi connectivity index (χ0v) is 14.3. The minimum Gasteiger partial charge on any atom is -0.472 e. The highest BCUT2D eigenvalue weighted by Gasteiger charge is 2.28. The lowest BCUT2D eigenvalue weighted by molar-refractivity contribution is -0.115. The smallest absolute Gasteiger partial charge is 0.291 e. The number of furan rings is 1. The molecule has 2 aliphatic rings. The lowest BCUT2D eigenvalue weighted by Crippen LogP contribution is -2.23. The van der Waals surface area contributed by atoms with Crippen molar-refractivity contribution in [2.45, 2.75) is 38.1 Å². The number of azo groups is 1. The van der Waals surface area contributed by atoms with E-state index in [0.717, 1.165) is 48.1 Å². The van der Waals surface area contributed by atoms with E-state index in [1.807, 2.05) is 24.3 Å². The first-order chi connectivity index (χ1) is 12.7. The topological polar surface area (TPSA) is 84.0 Å². The maximum atomic E-state index is 12.2. The van der Waals surface area contributed by atoms with E-state index in [1.54, 1.807) is 6.07 Å². The molecule has 2 heterocycles. The summed E-state index contributed by atoms with van der Waals surface area (Å²) in [6, 6.07) is 9.23. The summed E-state index contributed by atoms with van der Waals surface area (Å²) < 4.78 is 4.94. The molecule has 0 fully saturated rings. The largest absolute Gasteiger partial charge is 0.472 e. The molecular formula is C20H19N3O3. The Hall–Kier alpha value is -3.02. The van der Waals surface area contributed by atoms with Crippen LogP contribution < -0.4 is 5.32 Å². The molecule has 0 bridgehead atoms.